The normalized spacial score (nSPS) is 28.9. The molecule has 1 saturated heterocycles. The van der Waals surface area contributed by atoms with Gasteiger partial charge in [-0.25, -0.2) is 0 Å². The number of aliphatic hydroxyl groups excluding tert-OH is 1. The molecule has 0 bridgehead atoms. The van der Waals surface area contributed by atoms with E-state index in [9.17, 15) is 15.0 Å². The molecule has 0 aromatic heterocycles. The van der Waals surface area contributed by atoms with Crippen molar-refractivity contribution >= 4 is 5.78 Å². The van der Waals surface area contributed by atoms with Gasteiger partial charge in [-0.1, -0.05) is 20.3 Å². The summed E-state index contributed by atoms with van der Waals surface area (Å²) in [4.78, 5) is 11.3. The SMILES string of the molecule is CCC.O=C1C=C2CC3(O)COCCC3=C2C=C1O. The fraction of sp³-hybridized carbons (Fsp3) is 0.533. The zero-order valence-corrected chi connectivity index (χ0v) is 11.4. The first-order chi connectivity index (χ1) is 9.01. The van der Waals surface area contributed by atoms with E-state index in [0.29, 0.717) is 19.4 Å². The van der Waals surface area contributed by atoms with Gasteiger partial charge in [-0.3, -0.25) is 4.79 Å². The lowest BCUT2D eigenvalue weighted by Crippen LogP contribution is -2.38. The Hall–Kier alpha value is -1.39. The second-order valence-corrected chi connectivity index (χ2v) is 5.17. The molecule has 1 atom stereocenters. The van der Waals surface area contributed by atoms with E-state index >= 15 is 0 Å². The molecular formula is C15H20O4. The van der Waals surface area contributed by atoms with Crippen LogP contribution in [0, 0.1) is 0 Å². The molecule has 1 unspecified atom stereocenters. The standard InChI is InChI=1S/C12H12O4.C3H8/c13-10-3-7-5-12(15)6-16-2-1-9(12)8(7)4-11(10)14;1-3-2/h3-4,14-15H,1-2,5-6H2;3H2,1-2H3. The first kappa shape index (κ1) is 14.0. The average Bonchev–Trinajstić information content (AvgIpc) is 2.63. The molecule has 104 valence electrons. The van der Waals surface area contributed by atoms with Gasteiger partial charge in [-0.15, -0.1) is 0 Å². The summed E-state index contributed by atoms with van der Waals surface area (Å²) in [6, 6.07) is 0. The zero-order chi connectivity index (χ0) is 14.0. The van der Waals surface area contributed by atoms with E-state index in [2.05, 4.69) is 13.8 Å². The molecule has 3 aliphatic rings. The monoisotopic (exact) mass is 264 g/mol. The summed E-state index contributed by atoms with van der Waals surface area (Å²) in [6.45, 7) is 5.10. The molecule has 4 nitrogen and oxygen atoms in total. The zero-order valence-electron chi connectivity index (χ0n) is 11.4. The van der Waals surface area contributed by atoms with E-state index in [1.807, 2.05) is 0 Å². The van der Waals surface area contributed by atoms with Crippen molar-refractivity contribution in [2.24, 2.45) is 0 Å². The number of ketones is 1. The van der Waals surface area contributed by atoms with Gasteiger partial charge in [0, 0.05) is 6.42 Å². The largest absolute Gasteiger partial charge is 0.504 e. The second kappa shape index (κ2) is 5.31. The lowest BCUT2D eigenvalue weighted by Gasteiger charge is -2.30. The summed E-state index contributed by atoms with van der Waals surface area (Å²) >= 11 is 0. The van der Waals surface area contributed by atoms with Gasteiger partial charge in [0.2, 0.25) is 5.78 Å². The van der Waals surface area contributed by atoms with Crippen molar-refractivity contribution < 1.29 is 19.7 Å². The summed E-state index contributed by atoms with van der Waals surface area (Å²) in [6.07, 6.45) is 5.19. The number of carbonyl (C=O) groups excluding carboxylic acids is 1. The Morgan fingerprint density at radius 1 is 1.37 bits per heavy atom. The van der Waals surface area contributed by atoms with E-state index in [1.165, 1.54) is 18.6 Å². The number of ether oxygens (including phenoxy) is 1. The van der Waals surface area contributed by atoms with E-state index in [4.69, 9.17) is 4.74 Å². The molecular weight excluding hydrogens is 244 g/mol. The van der Waals surface area contributed by atoms with Gasteiger partial charge in [-0.05, 0) is 35.3 Å². The molecule has 2 N–H and O–H groups in total. The Kier molecular flexibility index (Phi) is 3.92. The van der Waals surface area contributed by atoms with Crippen molar-refractivity contribution in [3.63, 3.8) is 0 Å². The first-order valence-electron chi connectivity index (χ1n) is 6.71. The Balaban J connectivity index is 0.000000408. The van der Waals surface area contributed by atoms with Gasteiger partial charge in [0.05, 0.1) is 13.2 Å². The minimum Gasteiger partial charge on any atom is -0.504 e. The fourth-order valence-electron chi connectivity index (χ4n) is 2.63. The highest BCUT2D eigenvalue weighted by Crippen LogP contribution is 2.45. The van der Waals surface area contributed by atoms with Crippen molar-refractivity contribution in [3.8, 4) is 0 Å². The quantitative estimate of drug-likeness (QED) is 0.704. The molecule has 1 heterocycles. The van der Waals surface area contributed by atoms with Crippen LogP contribution in [0.4, 0.5) is 0 Å². The van der Waals surface area contributed by atoms with Gasteiger partial charge in [0.1, 0.15) is 5.60 Å². The molecule has 1 aliphatic heterocycles. The Morgan fingerprint density at radius 2 is 2.05 bits per heavy atom. The number of rotatable bonds is 0. The maximum absolute atomic E-state index is 11.3. The van der Waals surface area contributed by atoms with Crippen molar-refractivity contribution in [1.82, 2.24) is 0 Å². The highest BCUT2D eigenvalue weighted by atomic mass is 16.5. The Bertz CT molecular complexity index is 484. The van der Waals surface area contributed by atoms with Crippen LogP contribution in [0.1, 0.15) is 33.1 Å². The van der Waals surface area contributed by atoms with Gasteiger partial charge < -0.3 is 14.9 Å². The van der Waals surface area contributed by atoms with Crippen molar-refractivity contribution in [3.05, 3.63) is 34.6 Å². The first-order valence-corrected chi connectivity index (χ1v) is 6.71. The predicted molar refractivity (Wildman–Crippen MR) is 71.8 cm³/mol. The Morgan fingerprint density at radius 3 is 2.74 bits per heavy atom. The van der Waals surface area contributed by atoms with Crippen LogP contribution in [0.15, 0.2) is 34.6 Å². The van der Waals surface area contributed by atoms with Crippen LogP contribution in [0.5, 0.6) is 0 Å². The molecule has 0 radical (unpaired) electrons. The molecule has 1 fully saturated rings. The van der Waals surface area contributed by atoms with Crippen LogP contribution in [-0.2, 0) is 9.53 Å². The summed E-state index contributed by atoms with van der Waals surface area (Å²) in [5.74, 6) is -0.635. The minimum absolute atomic E-state index is 0.248. The number of hydrogen-bond acceptors (Lipinski definition) is 4. The van der Waals surface area contributed by atoms with Gasteiger partial charge in [-0.2, -0.15) is 0 Å². The number of allylic oxidation sites excluding steroid dienone is 3. The molecule has 3 rings (SSSR count). The molecule has 2 aliphatic carbocycles. The smallest absolute Gasteiger partial charge is 0.220 e. The fourth-order valence-corrected chi connectivity index (χ4v) is 2.63. The van der Waals surface area contributed by atoms with Crippen LogP contribution >= 0.6 is 0 Å². The van der Waals surface area contributed by atoms with Crippen molar-refractivity contribution in [1.29, 1.82) is 0 Å². The predicted octanol–water partition coefficient (Wildman–Crippen LogP) is 2.21. The maximum atomic E-state index is 11.3. The van der Waals surface area contributed by atoms with E-state index in [-0.39, 0.29) is 18.1 Å². The maximum Gasteiger partial charge on any atom is 0.220 e. The third kappa shape index (κ3) is 2.51. The third-order valence-electron chi connectivity index (χ3n) is 3.39. The summed E-state index contributed by atoms with van der Waals surface area (Å²) in [5.41, 5.74) is 1.55. The average molecular weight is 264 g/mol. The molecule has 0 aromatic rings. The van der Waals surface area contributed by atoms with E-state index in [0.717, 1.165) is 16.7 Å². The van der Waals surface area contributed by atoms with Crippen molar-refractivity contribution in [2.75, 3.05) is 13.2 Å². The van der Waals surface area contributed by atoms with Crippen LogP contribution in [0.25, 0.3) is 0 Å². The second-order valence-electron chi connectivity index (χ2n) is 5.17. The highest BCUT2D eigenvalue weighted by Gasteiger charge is 2.44. The molecule has 19 heavy (non-hydrogen) atoms. The number of carbonyl (C=O) groups is 1. The lowest BCUT2D eigenvalue weighted by atomic mass is 9.91. The lowest BCUT2D eigenvalue weighted by molar-refractivity contribution is -0.113. The third-order valence-corrected chi connectivity index (χ3v) is 3.39. The van der Waals surface area contributed by atoms with Crippen LogP contribution in [0.2, 0.25) is 0 Å². The van der Waals surface area contributed by atoms with Crippen molar-refractivity contribution in [2.45, 2.75) is 38.7 Å². The number of fused-ring (bicyclic) bond motifs is 2. The van der Waals surface area contributed by atoms with E-state index < -0.39 is 5.60 Å². The van der Waals surface area contributed by atoms with Gasteiger partial charge in [0.15, 0.2) is 5.76 Å². The summed E-state index contributed by atoms with van der Waals surface area (Å²) in [7, 11) is 0. The highest BCUT2D eigenvalue weighted by molar-refractivity contribution is 6.05. The van der Waals surface area contributed by atoms with Crippen LogP contribution in [0.3, 0.4) is 0 Å². The van der Waals surface area contributed by atoms with E-state index in [1.54, 1.807) is 0 Å². The molecule has 4 heteroatoms. The topological polar surface area (TPSA) is 66.8 Å². The number of aliphatic hydroxyl groups is 2. The van der Waals surface area contributed by atoms with Crippen LogP contribution < -0.4 is 0 Å². The molecule has 0 amide bonds. The Labute approximate surface area is 113 Å². The van der Waals surface area contributed by atoms with Crippen LogP contribution in [-0.4, -0.2) is 34.8 Å². The van der Waals surface area contributed by atoms with Gasteiger partial charge >= 0.3 is 0 Å². The van der Waals surface area contributed by atoms with Gasteiger partial charge in [0.25, 0.3) is 0 Å². The molecule has 0 spiro atoms. The molecule has 0 saturated carbocycles. The summed E-state index contributed by atoms with van der Waals surface area (Å²) < 4.78 is 5.27. The minimum atomic E-state index is -0.971. The summed E-state index contributed by atoms with van der Waals surface area (Å²) in [5, 5.41) is 19.8. The molecule has 0 aromatic carbocycles. The number of hydrogen-bond donors (Lipinski definition) is 2.